The maximum absolute atomic E-state index is 12.5. The summed E-state index contributed by atoms with van der Waals surface area (Å²) in [6, 6.07) is 22.3. The first-order chi connectivity index (χ1) is 16.9. The maximum atomic E-state index is 12.5. The number of amidine groups is 1. The normalized spacial score (nSPS) is 15.7. The van der Waals surface area contributed by atoms with Crippen LogP contribution in [-0.2, 0) is 16.0 Å². The molecule has 1 saturated heterocycles. The average Bonchev–Trinajstić information content (AvgIpc) is 3.23. The zero-order chi connectivity index (χ0) is 24.8. The van der Waals surface area contributed by atoms with E-state index >= 15 is 0 Å². The molecule has 1 aliphatic heterocycles. The largest absolute Gasteiger partial charge is 0.489 e. The number of aliphatic imine (C=N–C) groups is 1. The number of nitrogens with zero attached hydrogens (tertiary/aromatic N) is 2. The highest BCUT2D eigenvalue weighted by Gasteiger charge is 2.33. The molecule has 180 valence electrons. The Balaban J connectivity index is 1.42. The minimum atomic E-state index is -1.08. The van der Waals surface area contributed by atoms with Gasteiger partial charge in [0.15, 0.2) is 6.10 Å². The first kappa shape index (κ1) is 24.1. The molecular weight excluding hydrogens is 470 g/mol. The molecule has 3 N–H and O–H groups in total. The Hall–Kier alpha value is -4.04. The van der Waals surface area contributed by atoms with Gasteiger partial charge < -0.3 is 20.3 Å². The van der Waals surface area contributed by atoms with Crippen LogP contribution in [0, 0.1) is 0 Å². The monoisotopic (exact) mass is 493 g/mol. The second-order valence-electron chi connectivity index (χ2n) is 7.99. The van der Waals surface area contributed by atoms with Crippen molar-refractivity contribution in [3.05, 3.63) is 94.5 Å². The first-order valence-electron chi connectivity index (χ1n) is 10.9. The third kappa shape index (κ3) is 6.30. The summed E-state index contributed by atoms with van der Waals surface area (Å²) < 4.78 is 11.5. The van der Waals surface area contributed by atoms with E-state index < -0.39 is 24.7 Å². The molecule has 1 atom stereocenters. The van der Waals surface area contributed by atoms with Crippen LogP contribution in [0.25, 0.3) is 0 Å². The number of benzene rings is 3. The number of ether oxygens (including phenoxy) is 2. The van der Waals surface area contributed by atoms with Crippen LogP contribution in [0.4, 0.5) is 10.5 Å². The van der Waals surface area contributed by atoms with Crippen molar-refractivity contribution in [2.45, 2.75) is 12.5 Å². The van der Waals surface area contributed by atoms with Gasteiger partial charge in [-0.05, 0) is 41.5 Å². The molecule has 0 saturated carbocycles. The van der Waals surface area contributed by atoms with Crippen molar-refractivity contribution in [3.8, 4) is 5.75 Å². The molecule has 0 aromatic heterocycles. The number of hydrogen-bond donors (Lipinski definition) is 2. The molecule has 9 heteroatoms. The van der Waals surface area contributed by atoms with E-state index in [1.54, 1.807) is 30.3 Å². The molecule has 0 spiro atoms. The molecule has 8 nitrogen and oxygen atoms in total. The summed E-state index contributed by atoms with van der Waals surface area (Å²) in [7, 11) is 0. The lowest BCUT2D eigenvalue weighted by atomic mass is 10.0. The van der Waals surface area contributed by atoms with Crippen molar-refractivity contribution in [2.24, 2.45) is 10.7 Å². The van der Waals surface area contributed by atoms with Gasteiger partial charge in [0, 0.05) is 22.7 Å². The van der Waals surface area contributed by atoms with Crippen LogP contribution in [0.15, 0.2) is 77.8 Å². The molecule has 1 heterocycles. The lowest BCUT2D eigenvalue weighted by molar-refractivity contribution is -0.135. The van der Waals surface area contributed by atoms with Gasteiger partial charge in [-0.1, -0.05) is 54.1 Å². The lowest BCUT2D eigenvalue weighted by Crippen LogP contribution is -2.27. The topological polar surface area (TPSA) is 114 Å². The van der Waals surface area contributed by atoms with Gasteiger partial charge >= 0.3 is 12.1 Å². The fourth-order valence-electron chi connectivity index (χ4n) is 3.72. The van der Waals surface area contributed by atoms with Crippen molar-refractivity contribution in [2.75, 3.05) is 24.6 Å². The van der Waals surface area contributed by atoms with Gasteiger partial charge in [0.2, 0.25) is 0 Å². The fraction of sp³-hybridized carbons (Fsp3) is 0.192. The number of anilines is 1. The van der Waals surface area contributed by atoms with Crippen LogP contribution >= 0.6 is 11.6 Å². The number of carboxylic acid groups (broad SMARTS) is 1. The number of nitrogens with two attached hydrogens (primary N) is 1. The number of carbonyl (C=O) groups excluding carboxylic acids is 1. The zero-order valence-electron chi connectivity index (χ0n) is 18.8. The summed E-state index contributed by atoms with van der Waals surface area (Å²) >= 11 is 6.21. The Morgan fingerprint density at radius 2 is 1.94 bits per heavy atom. The molecule has 0 radical (unpaired) electrons. The van der Waals surface area contributed by atoms with Crippen LogP contribution in [0.5, 0.6) is 5.75 Å². The number of halogens is 1. The highest BCUT2D eigenvalue weighted by molar-refractivity contribution is 6.30. The number of carboxylic acids is 1. The third-order valence-corrected chi connectivity index (χ3v) is 5.63. The summed E-state index contributed by atoms with van der Waals surface area (Å²) in [6.45, 7) is 0.0296. The molecule has 3 aromatic carbocycles. The van der Waals surface area contributed by atoms with Crippen molar-refractivity contribution in [1.82, 2.24) is 0 Å². The number of hydrogen-bond acceptors (Lipinski definition) is 5. The molecular formula is C26H24ClN3O5. The van der Waals surface area contributed by atoms with Gasteiger partial charge in [-0.2, -0.15) is 0 Å². The van der Waals surface area contributed by atoms with E-state index in [0.29, 0.717) is 28.4 Å². The molecule has 1 amide bonds. The molecule has 0 aliphatic carbocycles. The zero-order valence-corrected chi connectivity index (χ0v) is 19.5. The van der Waals surface area contributed by atoms with Crippen LogP contribution in [0.1, 0.15) is 16.7 Å². The van der Waals surface area contributed by atoms with E-state index in [-0.39, 0.29) is 19.0 Å². The van der Waals surface area contributed by atoms with Gasteiger partial charge in [0.1, 0.15) is 24.7 Å². The number of amides is 1. The number of aliphatic carboxylic acids is 1. The lowest BCUT2D eigenvalue weighted by Gasteiger charge is -2.16. The highest BCUT2D eigenvalue weighted by atomic mass is 35.5. The van der Waals surface area contributed by atoms with Crippen molar-refractivity contribution < 1.29 is 24.2 Å². The second kappa shape index (κ2) is 10.9. The Kier molecular flexibility index (Phi) is 7.52. The summed E-state index contributed by atoms with van der Waals surface area (Å²) in [5.41, 5.74) is 9.04. The van der Waals surface area contributed by atoms with Gasteiger partial charge in [-0.15, -0.1) is 0 Å². The summed E-state index contributed by atoms with van der Waals surface area (Å²) in [6.07, 6.45) is -0.327. The second-order valence-corrected chi connectivity index (χ2v) is 8.42. The smallest absolute Gasteiger partial charge is 0.414 e. The summed E-state index contributed by atoms with van der Waals surface area (Å²) in [5, 5.41) is 9.41. The molecule has 3 aromatic rings. The molecule has 1 unspecified atom stereocenters. The van der Waals surface area contributed by atoms with Crippen LogP contribution in [0.2, 0.25) is 5.02 Å². The number of cyclic esters (lactones) is 1. The van der Waals surface area contributed by atoms with Crippen LogP contribution in [0.3, 0.4) is 0 Å². The van der Waals surface area contributed by atoms with Gasteiger partial charge in [0.05, 0.1) is 6.54 Å². The summed E-state index contributed by atoms with van der Waals surface area (Å²) in [5.74, 6) is -0.324. The first-order valence-corrected chi connectivity index (χ1v) is 11.3. The van der Waals surface area contributed by atoms with Crippen LogP contribution in [-0.4, -0.2) is 48.8 Å². The molecule has 1 aliphatic rings. The van der Waals surface area contributed by atoms with E-state index in [2.05, 4.69) is 4.99 Å². The Bertz CT molecular complexity index is 1250. The predicted molar refractivity (Wildman–Crippen MR) is 133 cm³/mol. The Morgan fingerprint density at radius 1 is 1.14 bits per heavy atom. The average molecular weight is 494 g/mol. The number of rotatable bonds is 9. The van der Waals surface area contributed by atoms with Gasteiger partial charge in [-0.25, -0.2) is 4.79 Å². The van der Waals surface area contributed by atoms with E-state index in [4.69, 9.17) is 31.9 Å². The highest BCUT2D eigenvalue weighted by Crippen LogP contribution is 2.27. The Labute approximate surface area is 207 Å². The van der Waals surface area contributed by atoms with Crippen LogP contribution < -0.4 is 15.4 Å². The van der Waals surface area contributed by atoms with Crippen molar-refractivity contribution >= 4 is 35.2 Å². The van der Waals surface area contributed by atoms with E-state index in [1.165, 1.54) is 4.90 Å². The summed E-state index contributed by atoms with van der Waals surface area (Å²) in [4.78, 5) is 28.6. The van der Waals surface area contributed by atoms with Crippen molar-refractivity contribution in [3.63, 3.8) is 0 Å². The van der Waals surface area contributed by atoms with Gasteiger partial charge in [0.25, 0.3) is 0 Å². The third-order valence-electron chi connectivity index (χ3n) is 5.40. The number of carbonyl (C=O) groups is 2. The van der Waals surface area contributed by atoms with Crippen molar-refractivity contribution in [1.29, 1.82) is 0 Å². The van der Waals surface area contributed by atoms with E-state index in [1.807, 2.05) is 42.5 Å². The maximum Gasteiger partial charge on any atom is 0.414 e. The van der Waals surface area contributed by atoms with E-state index in [0.717, 1.165) is 11.1 Å². The SMILES string of the molecule is NC(=NCC(=O)O)c1cccc(N2CC(COc3ccc(Cl)cc3Cc3ccccc3)OC2=O)c1. The molecule has 0 bridgehead atoms. The predicted octanol–water partition coefficient (Wildman–Crippen LogP) is 4.12. The quantitative estimate of drug-likeness (QED) is 0.342. The van der Waals surface area contributed by atoms with E-state index in [9.17, 15) is 9.59 Å². The van der Waals surface area contributed by atoms with Gasteiger partial charge in [-0.3, -0.25) is 14.7 Å². The molecule has 4 rings (SSSR count). The minimum Gasteiger partial charge on any atom is -0.489 e. The molecule has 35 heavy (non-hydrogen) atoms. The fourth-order valence-corrected chi connectivity index (χ4v) is 3.92. The Morgan fingerprint density at radius 3 is 2.71 bits per heavy atom. The standard InChI is InChI=1S/C26H24ClN3O5/c27-20-9-10-23(19(12-20)11-17-5-2-1-3-6-17)34-16-22-15-30(26(33)35-22)21-8-4-7-18(13-21)25(28)29-14-24(31)32/h1-10,12-13,22H,11,14-16H2,(H2,28,29)(H,31,32). The molecule has 1 fully saturated rings. The minimum absolute atomic E-state index is 0.0791.